The van der Waals surface area contributed by atoms with E-state index in [4.69, 9.17) is 10.5 Å². The van der Waals surface area contributed by atoms with Crippen LogP contribution in [0.15, 0.2) is 40.1 Å². The molecule has 0 aliphatic heterocycles. The molecule has 2 aromatic rings. The van der Waals surface area contributed by atoms with Crippen molar-refractivity contribution in [3.8, 4) is 5.75 Å². The molecule has 0 fully saturated rings. The third-order valence-corrected chi connectivity index (χ3v) is 2.62. The van der Waals surface area contributed by atoms with Crippen molar-refractivity contribution in [1.29, 1.82) is 0 Å². The molecule has 0 unspecified atom stereocenters. The maximum Gasteiger partial charge on any atom is 0.433 e. The molecule has 0 saturated carbocycles. The molecule has 0 aliphatic rings. The molecule has 0 amide bonds. The zero-order chi connectivity index (χ0) is 17.0. The molecular formula is C13H12F3N5O2. The van der Waals surface area contributed by atoms with Crippen molar-refractivity contribution in [3.05, 3.63) is 46.4 Å². The third kappa shape index (κ3) is 4.22. The van der Waals surface area contributed by atoms with E-state index in [9.17, 15) is 18.0 Å². The molecule has 1 aromatic heterocycles. The maximum absolute atomic E-state index is 12.6. The minimum absolute atomic E-state index is 0.267. The summed E-state index contributed by atoms with van der Waals surface area (Å²) in [6.45, 7) is 0. The number of H-pyrrole nitrogens is 1. The van der Waals surface area contributed by atoms with Gasteiger partial charge < -0.3 is 15.8 Å². The van der Waals surface area contributed by atoms with Gasteiger partial charge in [-0.25, -0.2) is 4.98 Å². The molecule has 122 valence electrons. The summed E-state index contributed by atoms with van der Waals surface area (Å²) in [6, 6.07) is 7.04. The highest BCUT2D eigenvalue weighted by atomic mass is 19.4. The van der Waals surface area contributed by atoms with Crippen LogP contribution in [0, 0.1) is 0 Å². The first kappa shape index (κ1) is 16.3. The first-order valence-electron chi connectivity index (χ1n) is 6.22. The predicted molar refractivity (Wildman–Crippen MR) is 77.8 cm³/mol. The second kappa shape index (κ2) is 6.38. The van der Waals surface area contributed by atoms with Gasteiger partial charge in [-0.3, -0.25) is 9.78 Å². The normalized spacial score (nSPS) is 12.1. The van der Waals surface area contributed by atoms with Crippen molar-refractivity contribution in [1.82, 2.24) is 9.97 Å². The van der Waals surface area contributed by atoms with Crippen molar-refractivity contribution in [2.75, 3.05) is 12.4 Å². The first-order valence-corrected chi connectivity index (χ1v) is 6.22. The molecule has 0 saturated heterocycles. The molecule has 0 radical (unpaired) electrons. The number of methoxy groups -OCH3 is 1. The van der Waals surface area contributed by atoms with Crippen molar-refractivity contribution in [3.63, 3.8) is 0 Å². The fourth-order valence-electron chi connectivity index (χ4n) is 1.67. The number of aliphatic imine (C=N–C) groups is 1. The Bertz CT molecular complexity index is 786. The van der Waals surface area contributed by atoms with Crippen LogP contribution in [0.3, 0.4) is 0 Å². The van der Waals surface area contributed by atoms with Gasteiger partial charge in [0.2, 0.25) is 11.9 Å². The lowest BCUT2D eigenvalue weighted by Crippen LogP contribution is -2.23. The Hall–Kier alpha value is -3.04. The number of halogens is 3. The van der Waals surface area contributed by atoms with E-state index in [1.807, 2.05) is 0 Å². The fourth-order valence-corrected chi connectivity index (χ4v) is 1.67. The van der Waals surface area contributed by atoms with Crippen LogP contribution in [0.1, 0.15) is 5.69 Å². The molecule has 2 rings (SSSR count). The van der Waals surface area contributed by atoms with Gasteiger partial charge in [-0.05, 0) is 12.1 Å². The van der Waals surface area contributed by atoms with Crippen LogP contribution in [0.2, 0.25) is 0 Å². The van der Waals surface area contributed by atoms with Gasteiger partial charge in [0.15, 0.2) is 5.69 Å². The molecule has 23 heavy (non-hydrogen) atoms. The highest BCUT2D eigenvalue weighted by molar-refractivity contribution is 5.94. The van der Waals surface area contributed by atoms with Gasteiger partial charge in [-0.2, -0.15) is 18.2 Å². The molecule has 0 aliphatic carbocycles. The SMILES string of the molecule is COc1ccccc1N/C(N)=N/c1nc(C(F)(F)F)cc(=O)[nH]1. The van der Waals surface area contributed by atoms with E-state index in [1.54, 1.807) is 24.3 Å². The number of ether oxygens (including phenoxy) is 1. The number of alkyl halides is 3. The molecular weight excluding hydrogens is 315 g/mol. The minimum atomic E-state index is -4.76. The number of nitrogens with one attached hydrogen (secondary N) is 2. The lowest BCUT2D eigenvalue weighted by molar-refractivity contribution is -0.141. The molecule has 10 heteroatoms. The number of nitrogens with zero attached hydrogens (tertiary/aromatic N) is 2. The highest BCUT2D eigenvalue weighted by Crippen LogP contribution is 2.27. The Morgan fingerprint density at radius 3 is 2.74 bits per heavy atom. The maximum atomic E-state index is 12.6. The predicted octanol–water partition coefficient (Wildman–Crippen LogP) is 1.86. The van der Waals surface area contributed by atoms with Crippen LogP contribution >= 0.6 is 0 Å². The van der Waals surface area contributed by atoms with Crippen molar-refractivity contribution < 1.29 is 17.9 Å². The summed E-state index contributed by atoms with van der Waals surface area (Å²) in [7, 11) is 1.44. The smallest absolute Gasteiger partial charge is 0.433 e. The number of rotatable bonds is 3. The largest absolute Gasteiger partial charge is 0.495 e. The lowest BCUT2D eigenvalue weighted by atomic mass is 10.3. The summed E-state index contributed by atoms with van der Waals surface area (Å²) < 4.78 is 42.9. The Labute approximate surface area is 128 Å². The summed E-state index contributed by atoms with van der Waals surface area (Å²) in [5.41, 5.74) is 3.71. The van der Waals surface area contributed by atoms with Crippen molar-refractivity contribution >= 4 is 17.6 Å². The average Bonchev–Trinajstić information content (AvgIpc) is 2.46. The second-order valence-electron chi connectivity index (χ2n) is 4.27. The number of guanidine groups is 1. The van der Waals surface area contributed by atoms with Crippen molar-refractivity contribution in [2.45, 2.75) is 6.18 Å². The summed E-state index contributed by atoms with van der Waals surface area (Å²) in [5, 5.41) is 2.65. The Morgan fingerprint density at radius 1 is 1.39 bits per heavy atom. The number of hydrogen-bond acceptors (Lipinski definition) is 4. The number of para-hydroxylation sites is 2. The van der Waals surface area contributed by atoms with Gasteiger partial charge in [0, 0.05) is 6.07 Å². The van der Waals surface area contributed by atoms with Gasteiger partial charge in [0.25, 0.3) is 5.56 Å². The van der Waals surface area contributed by atoms with Gasteiger partial charge in [-0.1, -0.05) is 12.1 Å². The van der Waals surface area contributed by atoms with E-state index in [0.29, 0.717) is 17.5 Å². The number of nitrogens with two attached hydrogens (primary N) is 1. The molecule has 4 N–H and O–H groups in total. The van der Waals surface area contributed by atoms with Crippen LogP contribution in [0.25, 0.3) is 0 Å². The zero-order valence-electron chi connectivity index (χ0n) is 11.8. The average molecular weight is 327 g/mol. The van der Waals surface area contributed by atoms with Crippen LogP contribution < -0.4 is 21.3 Å². The minimum Gasteiger partial charge on any atom is -0.495 e. The van der Waals surface area contributed by atoms with E-state index < -0.39 is 23.4 Å². The van der Waals surface area contributed by atoms with E-state index >= 15 is 0 Å². The summed E-state index contributed by atoms with van der Waals surface area (Å²) in [4.78, 5) is 20.1. The van der Waals surface area contributed by atoms with Gasteiger partial charge in [-0.15, -0.1) is 0 Å². The quantitative estimate of drug-likeness (QED) is 0.589. The van der Waals surface area contributed by atoms with Gasteiger partial charge >= 0.3 is 6.18 Å². The van der Waals surface area contributed by atoms with Gasteiger partial charge in [0.05, 0.1) is 12.8 Å². The number of aromatic amines is 1. The summed E-state index contributed by atoms with van der Waals surface area (Å²) in [6.07, 6.45) is -4.76. The molecule has 0 bridgehead atoms. The van der Waals surface area contributed by atoms with Crippen LogP contribution in [0.5, 0.6) is 5.75 Å². The van der Waals surface area contributed by atoms with E-state index in [1.165, 1.54) is 7.11 Å². The molecule has 0 atom stereocenters. The van der Waals surface area contributed by atoms with Crippen molar-refractivity contribution in [2.24, 2.45) is 10.7 Å². The van der Waals surface area contributed by atoms with Gasteiger partial charge in [0.1, 0.15) is 5.75 Å². The monoisotopic (exact) mass is 327 g/mol. The fraction of sp³-hybridized carbons (Fsp3) is 0.154. The topological polar surface area (TPSA) is 105 Å². The molecule has 1 heterocycles. The van der Waals surface area contributed by atoms with Crippen LogP contribution in [-0.2, 0) is 6.18 Å². The Kier molecular flexibility index (Phi) is 4.53. The van der Waals surface area contributed by atoms with Crippen LogP contribution in [-0.4, -0.2) is 23.0 Å². The second-order valence-corrected chi connectivity index (χ2v) is 4.27. The number of hydrogen-bond donors (Lipinski definition) is 3. The molecule has 1 aromatic carbocycles. The lowest BCUT2D eigenvalue weighted by Gasteiger charge is -2.10. The standard InChI is InChI=1S/C13H12F3N5O2/c1-23-8-5-3-2-4-7(8)18-11(17)21-12-19-9(13(14,15)16)6-10(22)20-12/h2-6H,1H3,(H4,17,18,19,20,21,22). The third-order valence-electron chi connectivity index (χ3n) is 2.62. The Balaban J connectivity index is 2.31. The molecule has 0 spiro atoms. The highest BCUT2D eigenvalue weighted by Gasteiger charge is 2.33. The first-order chi connectivity index (χ1) is 10.8. The number of aromatic nitrogens is 2. The van der Waals surface area contributed by atoms with E-state index in [2.05, 4.69) is 20.3 Å². The number of anilines is 1. The molecule has 7 nitrogen and oxygen atoms in total. The summed E-state index contributed by atoms with van der Waals surface area (Å²) >= 11 is 0. The Morgan fingerprint density at radius 2 is 2.09 bits per heavy atom. The number of benzene rings is 1. The van der Waals surface area contributed by atoms with E-state index in [-0.39, 0.29) is 5.96 Å². The zero-order valence-corrected chi connectivity index (χ0v) is 11.8. The van der Waals surface area contributed by atoms with Crippen LogP contribution in [0.4, 0.5) is 24.8 Å². The van der Waals surface area contributed by atoms with E-state index in [0.717, 1.165) is 0 Å². The summed E-state index contributed by atoms with van der Waals surface area (Å²) in [5.74, 6) is -0.377.